The fourth-order valence-electron chi connectivity index (χ4n) is 3.12. The van der Waals surface area contributed by atoms with E-state index in [1.54, 1.807) is 0 Å². The van der Waals surface area contributed by atoms with Gasteiger partial charge >= 0.3 is 0 Å². The molecular formula is C21H30O2. The van der Waals surface area contributed by atoms with Crippen LogP contribution in [0.15, 0.2) is 35.6 Å². The Kier molecular flexibility index (Phi) is 5.23. The van der Waals surface area contributed by atoms with Gasteiger partial charge < -0.3 is 9.84 Å². The van der Waals surface area contributed by atoms with E-state index in [1.165, 1.54) is 5.57 Å². The third-order valence-corrected chi connectivity index (χ3v) is 4.65. The third-order valence-electron chi connectivity index (χ3n) is 4.65. The second-order valence-corrected chi connectivity index (χ2v) is 7.69. The molecule has 1 aromatic rings. The molecule has 0 spiro atoms. The van der Waals surface area contributed by atoms with Gasteiger partial charge in [-0.3, -0.25) is 0 Å². The zero-order valence-electron chi connectivity index (χ0n) is 15.4. The topological polar surface area (TPSA) is 29.5 Å². The minimum Gasteiger partial charge on any atom is -0.508 e. The molecule has 0 radical (unpaired) electrons. The second kappa shape index (κ2) is 6.82. The Balaban J connectivity index is 2.53. The maximum absolute atomic E-state index is 10.7. The lowest BCUT2D eigenvalue weighted by Gasteiger charge is -2.27. The van der Waals surface area contributed by atoms with Gasteiger partial charge in [-0.25, -0.2) is 0 Å². The Morgan fingerprint density at radius 1 is 1.30 bits per heavy atom. The molecule has 2 heteroatoms. The smallest absolute Gasteiger partial charge is 0.134 e. The van der Waals surface area contributed by atoms with Gasteiger partial charge in [0.1, 0.15) is 11.5 Å². The fraction of sp³-hybridized carbons (Fsp3) is 0.524. The molecule has 0 heterocycles. The first kappa shape index (κ1) is 17.7. The number of rotatable bonds is 3. The Bertz CT molecular complexity index is 630. The summed E-state index contributed by atoms with van der Waals surface area (Å²) in [4.78, 5) is 0. The Morgan fingerprint density at radius 3 is 2.57 bits per heavy atom. The molecule has 0 amide bonds. The number of phenolic OH excluding ortho intramolecular Hbond substituents is 1. The van der Waals surface area contributed by atoms with Gasteiger partial charge in [0.15, 0.2) is 0 Å². The number of allylic oxidation sites excluding steroid dienone is 4. The van der Waals surface area contributed by atoms with Crippen LogP contribution in [0.5, 0.6) is 11.5 Å². The summed E-state index contributed by atoms with van der Waals surface area (Å²) in [5.41, 5.74) is 3.43. The van der Waals surface area contributed by atoms with Gasteiger partial charge in [0.25, 0.3) is 0 Å². The van der Waals surface area contributed by atoms with Crippen molar-refractivity contribution < 1.29 is 9.84 Å². The SMILES string of the molecule is C/C=C(\C)Oc1cc(C(C)(C)C)cc(O)c1[C@H]1CCC=C(C)C1. The number of phenols is 1. The fourth-order valence-corrected chi connectivity index (χ4v) is 3.12. The minimum absolute atomic E-state index is 0.0274. The zero-order valence-corrected chi connectivity index (χ0v) is 15.4. The molecule has 0 fully saturated rings. The van der Waals surface area contributed by atoms with Crippen molar-refractivity contribution in [3.63, 3.8) is 0 Å². The van der Waals surface area contributed by atoms with Crippen molar-refractivity contribution >= 4 is 0 Å². The molecule has 1 aliphatic carbocycles. The normalized spacial score (nSPS) is 19.5. The molecule has 1 aromatic carbocycles. The van der Waals surface area contributed by atoms with Gasteiger partial charge in [0.2, 0.25) is 0 Å². The largest absolute Gasteiger partial charge is 0.508 e. The number of aromatic hydroxyl groups is 1. The van der Waals surface area contributed by atoms with Crippen molar-refractivity contribution in [2.75, 3.05) is 0 Å². The highest BCUT2D eigenvalue weighted by Crippen LogP contribution is 2.45. The molecule has 0 unspecified atom stereocenters. The summed E-state index contributed by atoms with van der Waals surface area (Å²) in [5, 5.41) is 10.7. The van der Waals surface area contributed by atoms with Crippen LogP contribution in [0.1, 0.15) is 77.8 Å². The lowest BCUT2D eigenvalue weighted by Crippen LogP contribution is -2.13. The van der Waals surface area contributed by atoms with Crippen LogP contribution in [0.3, 0.4) is 0 Å². The average Bonchev–Trinajstić information content (AvgIpc) is 2.45. The van der Waals surface area contributed by atoms with Crippen molar-refractivity contribution in [1.29, 1.82) is 0 Å². The Morgan fingerprint density at radius 2 is 2.00 bits per heavy atom. The van der Waals surface area contributed by atoms with E-state index in [1.807, 2.05) is 26.0 Å². The number of benzene rings is 1. The van der Waals surface area contributed by atoms with Crippen molar-refractivity contribution in [2.45, 2.75) is 72.1 Å². The van der Waals surface area contributed by atoms with Gasteiger partial charge in [-0.2, -0.15) is 0 Å². The lowest BCUT2D eigenvalue weighted by molar-refractivity contribution is 0.394. The summed E-state index contributed by atoms with van der Waals surface area (Å²) < 4.78 is 6.08. The number of ether oxygens (including phenoxy) is 1. The summed E-state index contributed by atoms with van der Waals surface area (Å²) >= 11 is 0. The summed E-state index contributed by atoms with van der Waals surface area (Å²) in [6.45, 7) is 12.6. The van der Waals surface area contributed by atoms with Crippen LogP contribution in [-0.4, -0.2) is 5.11 Å². The Labute approximate surface area is 140 Å². The molecule has 0 saturated carbocycles. The maximum atomic E-state index is 10.7. The van der Waals surface area contributed by atoms with E-state index in [4.69, 9.17) is 4.74 Å². The molecule has 0 saturated heterocycles. The second-order valence-electron chi connectivity index (χ2n) is 7.69. The molecule has 2 rings (SSSR count). The van der Waals surface area contributed by atoms with Crippen molar-refractivity contribution in [1.82, 2.24) is 0 Å². The van der Waals surface area contributed by atoms with Crippen LogP contribution in [-0.2, 0) is 5.41 Å². The lowest BCUT2D eigenvalue weighted by atomic mass is 9.80. The van der Waals surface area contributed by atoms with Crippen molar-refractivity contribution in [3.8, 4) is 11.5 Å². The van der Waals surface area contributed by atoms with Gasteiger partial charge in [0, 0.05) is 5.56 Å². The van der Waals surface area contributed by atoms with Gasteiger partial charge in [-0.1, -0.05) is 32.4 Å². The maximum Gasteiger partial charge on any atom is 0.134 e. The summed E-state index contributed by atoms with van der Waals surface area (Å²) in [6, 6.07) is 4.02. The third kappa shape index (κ3) is 4.19. The van der Waals surface area contributed by atoms with E-state index in [2.05, 4.69) is 39.8 Å². The first-order chi connectivity index (χ1) is 10.7. The van der Waals surface area contributed by atoms with Crippen LogP contribution in [0.4, 0.5) is 0 Å². The highest BCUT2D eigenvalue weighted by Gasteiger charge is 2.26. The van der Waals surface area contributed by atoms with Crippen LogP contribution < -0.4 is 4.74 Å². The first-order valence-electron chi connectivity index (χ1n) is 8.56. The van der Waals surface area contributed by atoms with E-state index < -0.39 is 0 Å². The molecule has 0 aromatic heterocycles. The van der Waals surface area contributed by atoms with E-state index in [0.717, 1.165) is 41.9 Å². The predicted octanol–water partition coefficient (Wildman–Crippen LogP) is 6.21. The molecule has 23 heavy (non-hydrogen) atoms. The summed E-state index contributed by atoms with van der Waals surface area (Å²) in [6.07, 6.45) is 7.38. The monoisotopic (exact) mass is 314 g/mol. The van der Waals surface area contributed by atoms with Crippen molar-refractivity contribution in [2.24, 2.45) is 0 Å². The molecule has 0 aliphatic heterocycles. The van der Waals surface area contributed by atoms with Gasteiger partial charge in [-0.15, -0.1) is 0 Å². The predicted molar refractivity (Wildman–Crippen MR) is 97.2 cm³/mol. The summed E-state index contributed by atoms with van der Waals surface area (Å²) in [7, 11) is 0. The quantitative estimate of drug-likeness (QED) is 0.531. The van der Waals surface area contributed by atoms with E-state index in [0.29, 0.717) is 11.7 Å². The highest BCUT2D eigenvalue weighted by molar-refractivity contribution is 5.52. The molecular weight excluding hydrogens is 284 g/mol. The summed E-state index contributed by atoms with van der Waals surface area (Å²) in [5.74, 6) is 2.37. The molecule has 2 nitrogen and oxygen atoms in total. The Hall–Kier alpha value is -1.70. The molecule has 0 bridgehead atoms. The van der Waals surface area contributed by atoms with E-state index >= 15 is 0 Å². The van der Waals surface area contributed by atoms with Crippen LogP contribution >= 0.6 is 0 Å². The molecule has 1 atom stereocenters. The van der Waals surface area contributed by atoms with Crippen LogP contribution in [0, 0.1) is 0 Å². The van der Waals surface area contributed by atoms with Gasteiger partial charge in [0.05, 0.1) is 5.76 Å². The molecule has 126 valence electrons. The minimum atomic E-state index is -0.0274. The van der Waals surface area contributed by atoms with Crippen LogP contribution in [0.25, 0.3) is 0 Å². The standard InChI is InChI=1S/C21H30O2/c1-7-15(3)23-19-13-17(21(4,5)6)12-18(22)20(19)16-10-8-9-14(2)11-16/h7,9,12-13,16,22H,8,10-11H2,1-6H3/b15-7+/t16-/m0/s1. The first-order valence-corrected chi connectivity index (χ1v) is 8.56. The number of hydrogen-bond donors (Lipinski definition) is 1. The zero-order chi connectivity index (χ0) is 17.2. The number of hydrogen-bond acceptors (Lipinski definition) is 2. The average molecular weight is 314 g/mol. The molecule has 1 aliphatic rings. The van der Waals surface area contributed by atoms with E-state index in [9.17, 15) is 5.11 Å². The van der Waals surface area contributed by atoms with Crippen LogP contribution in [0.2, 0.25) is 0 Å². The van der Waals surface area contributed by atoms with E-state index in [-0.39, 0.29) is 5.41 Å². The highest BCUT2D eigenvalue weighted by atomic mass is 16.5. The molecule has 1 N–H and O–H groups in total. The van der Waals surface area contributed by atoms with Gasteiger partial charge in [-0.05, 0) is 75.1 Å². The van der Waals surface area contributed by atoms with Crippen molar-refractivity contribution in [3.05, 3.63) is 46.7 Å².